The zero-order valence-corrected chi connectivity index (χ0v) is 12.4. The molecule has 1 aromatic carbocycles. The van der Waals surface area contributed by atoms with Crippen LogP contribution in [-0.4, -0.2) is 30.6 Å². The van der Waals surface area contributed by atoms with Crippen LogP contribution in [0.3, 0.4) is 0 Å². The van der Waals surface area contributed by atoms with Gasteiger partial charge in [0.25, 0.3) is 0 Å². The first-order valence-electron chi connectivity index (χ1n) is 8.08. The van der Waals surface area contributed by atoms with Crippen LogP contribution in [0.2, 0.25) is 0 Å². The summed E-state index contributed by atoms with van der Waals surface area (Å²) in [4.78, 5) is 2.54. The average Bonchev–Trinajstić information content (AvgIpc) is 2.44. The van der Waals surface area contributed by atoms with Crippen LogP contribution < -0.4 is 5.32 Å². The van der Waals surface area contributed by atoms with Crippen molar-refractivity contribution in [2.45, 2.75) is 44.7 Å². The summed E-state index contributed by atoms with van der Waals surface area (Å²) in [5, 5.41) is 3.66. The van der Waals surface area contributed by atoms with Gasteiger partial charge in [0.05, 0.1) is 0 Å². The smallest absolute Gasteiger partial charge is 0.0237 e. The van der Waals surface area contributed by atoms with Crippen molar-refractivity contribution in [3.8, 4) is 0 Å². The van der Waals surface area contributed by atoms with Crippen LogP contribution in [0.25, 0.3) is 0 Å². The fourth-order valence-electron chi connectivity index (χ4n) is 3.01. The van der Waals surface area contributed by atoms with Gasteiger partial charge in [-0.1, -0.05) is 48.4 Å². The van der Waals surface area contributed by atoms with E-state index in [-0.39, 0.29) is 0 Å². The summed E-state index contributed by atoms with van der Waals surface area (Å²) >= 11 is 0. The van der Waals surface area contributed by atoms with Crippen molar-refractivity contribution in [2.75, 3.05) is 19.6 Å². The molecule has 3 rings (SSSR count). The lowest BCUT2D eigenvalue weighted by Gasteiger charge is -2.28. The van der Waals surface area contributed by atoms with Gasteiger partial charge in [0, 0.05) is 25.7 Å². The molecule has 0 amide bonds. The van der Waals surface area contributed by atoms with E-state index in [1.807, 2.05) is 0 Å². The van der Waals surface area contributed by atoms with Gasteiger partial charge in [0.15, 0.2) is 0 Å². The molecule has 2 nitrogen and oxygen atoms in total. The third-order valence-corrected chi connectivity index (χ3v) is 4.62. The Balaban J connectivity index is 1.38. The van der Waals surface area contributed by atoms with Crippen LogP contribution in [-0.2, 0) is 6.54 Å². The Labute approximate surface area is 122 Å². The zero-order chi connectivity index (χ0) is 13.6. The minimum Gasteiger partial charge on any atom is -0.314 e. The Morgan fingerprint density at radius 2 is 2.00 bits per heavy atom. The quantitative estimate of drug-likeness (QED) is 0.798. The molecule has 0 unspecified atom stereocenters. The first-order chi connectivity index (χ1) is 9.90. The molecule has 0 aromatic heterocycles. The standard InChI is InChI=1S/C18H26N2/c1-2-5-17(6-3-1)15-20-13-10-16(11-14-20)9-12-19-18-7-4-8-18/h1-3,5-6,10,18-19H,4,7-9,11-15H2. The summed E-state index contributed by atoms with van der Waals surface area (Å²) in [5.74, 6) is 0. The van der Waals surface area contributed by atoms with E-state index >= 15 is 0 Å². The van der Waals surface area contributed by atoms with Crippen LogP contribution in [0.5, 0.6) is 0 Å². The van der Waals surface area contributed by atoms with E-state index in [0.29, 0.717) is 0 Å². The molecule has 1 aromatic rings. The highest BCUT2D eigenvalue weighted by molar-refractivity contribution is 5.15. The molecule has 2 aliphatic rings. The van der Waals surface area contributed by atoms with E-state index < -0.39 is 0 Å². The number of nitrogens with one attached hydrogen (secondary N) is 1. The van der Waals surface area contributed by atoms with E-state index in [0.717, 1.165) is 19.1 Å². The van der Waals surface area contributed by atoms with Crippen LogP contribution in [0.15, 0.2) is 42.0 Å². The summed E-state index contributed by atoms with van der Waals surface area (Å²) in [6.07, 6.45) is 9.16. The number of rotatable bonds is 6. The third kappa shape index (κ3) is 3.94. The lowest BCUT2D eigenvalue weighted by molar-refractivity contribution is 0.282. The first-order valence-corrected chi connectivity index (χ1v) is 8.08. The van der Waals surface area contributed by atoms with Gasteiger partial charge in [-0.2, -0.15) is 0 Å². The van der Waals surface area contributed by atoms with E-state index in [1.165, 1.54) is 50.8 Å². The molecule has 0 saturated heterocycles. The summed E-state index contributed by atoms with van der Waals surface area (Å²) in [6.45, 7) is 4.60. The van der Waals surface area contributed by atoms with Gasteiger partial charge in [-0.15, -0.1) is 0 Å². The molecule has 0 spiro atoms. The monoisotopic (exact) mass is 270 g/mol. The van der Waals surface area contributed by atoms with Crippen molar-refractivity contribution < 1.29 is 0 Å². The van der Waals surface area contributed by atoms with Gasteiger partial charge in [-0.25, -0.2) is 0 Å². The number of nitrogens with zero attached hydrogens (tertiary/aromatic N) is 1. The second-order valence-electron chi connectivity index (χ2n) is 6.17. The topological polar surface area (TPSA) is 15.3 Å². The fraction of sp³-hybridized carbons (Fsp3) is 0.556. The first kappa shape index (κ1) is 13.8. The molecule has 20 heavy (non-hydrogen) atoms. The fourth-order valence-corrected chi connectivity index (χ4v) is 3.01. The van der Waals surface area contributed by atoms with E-state index in [4.69, 9.17) is 0 Å². The van der Waals surface area contributed by atoms with Crippen LogP contribution >= 0.6 is 0 Å². The molecule has 0 bridgehead atoms. The summed E-state index contributed by atoms with van der Waals surface area (Å²) in [6, 6.07) is 11.6. The van der Waals surface area contributed by atoms with Crippen molar-refractivity contribution in [3.63, 3.8) is 0 Å². The molecular weight excluding hydrogens is 244 g/mol. The molecule has 108 valence electrons. The molecule has 0 atom stereocenters. The molecule has 2 heteroatoms. The number of hydrogen-bond acceptors (Lipinski definition) is 2. The minimum atomic E-state index is 0.828. The Bertz CT molecular complexity index is 434. The zero-order valence-electron chi connectivity index (χ0n) is 12.4. The van der Waals surface area contributed by atoms with Crippen LogP contribution in [0, 0.1) is 0 Å². The molecule has 1 aliphatic heterocycles. The second-order valence-corrected chi connectivity index (χ2v) is 6.17. The molecule has 1 aliphatic carbocycles. The Morgan fingerprint density at radius 1 is 1.15 bits per heavy atom. The maximum Gasteiger partial charge on any atom is 0.0237 e. The minimum absolute atomic E-state index is 0.828. The molecule has 1 N–H and O–H groups in total. The van der Waals surface area contributed by atoms with Crippen LogP contribution in [0.1, 0.15) is 37.7 Å². The number of hydrogen-bond donors (Lipinski definition) is 1. The SMILES string of the molecule is C1=C(CCNC2CCC2)CCN(Cc2ccccc2)C1. The molecule has 1 fully saturated rings. The van der Waals surface area contributed by atoms with E-state index in [1.54, 1.807) is 5.57 Å². The van der Waals surface area contributed by atoms with Gasteiger partial charge in [0.1, 0.15) is 0 Å². The van der Waals surface area contributed by atoms with Crippen molar-refractivity contribution in [2.24, 2.45) is 0 Å². The van der Waals surface area contributed by atoms with Crippen molar-refractivity contribution in [1.82, 2.24) is 10.2 Å². The molecule has 0 radical (unpaired) electrons. The lowest BCUT2D eigenvalue weighted by atomic mass is 9.93. The third-order valence-electron chi connectivity index (χ3n) is 4.62. The highest BCUT2D eigenvalue weighted by Crippen LogP contribution is 2.19. The predicted octanol–water partition coefficient (Wildman–Crippen LogP) is 3.35. The molecule has 1 saturated carbocycles. The summed E-state index contributed by atoms with van der Waals surface area (Å²) in [5.41, 5.74) is 3.08. The molecular formula is C18H26N2. The average molecular weight is 270 g/mol. The van der Waals surface area contributed by atoms with Gasteiger partial charge < -0.3 is 5.32 Å². The summed E-state index contributed by atoms with van der Waals surface area (Å²) < 4.78 is 0. The molecule has 1 heterocycles. The van der Waals surface area contributed by atoms with E-state index in [9.17, 15) is 0 Å². The maximum atomic E-state index is 3.66. The number of benzene rings is 1. The Morgan fingerprint density at radius 3 is 2.65 bits per heavy atom. The van der Waals surface area contributed by atoms with E-state index in [2.05, 4.69) is 46.6 Å². The van der Waals surface area contributed by atoms with Crippen LogP contribution in [0.4, 0.5) is 0 Å². The van der Waals surface area contributed by atoms with Gasteiger partial charge in [-0.3, -0.25) is 4.90 Å². The maximum absolute atomic E-state index is 3.66. The highest BCUT2D eigenvalue weighted by atomic mass is 15.1. The van der Waals surface area contributed by atoms with Crippen molar-refractivity contribution in [3.05, 3.63) is 47.5 Å². The highest BCUT2D eigenvalue weighted by Gasteiger charge is 2.16. The van der Waals surface area contributed by atoms with Gasteiger partial charge >= 0.3 is 0 Å². The Hall–Kier alpha value is -1.12. The second kappa shape index (κ2) is 7.05. The summed E-state index contributed by atoms with van der Waals surface area (Å²) in [7, 11) is 0. The van der Waals surface area contributed by atoms with Crippen molar-refractivity contribution in [1.29, 1.82) is 0 Å². The predicted molar refractivity (Wildman–Crippen MR) is 84.7 cm³/mol. The van der Waals surface area contributed by atoms with Crippen molar-refractivity contribution >= 4 is 0 Å². The Kier molecular flexibility index (Phi) is 4.88. The largest absolute Gasteiger partial charge is 0.314 e. The lowest BCUT2D eigenvalue weighted by Crippen LogP contribution is -2.36. The van der Waals surface area contributed by atoms with Gasteiger partial charge in [0.2, 0.25) is 0 Å². The normalized spacial score (nSPS) is 20.5. The van der Waals surface area contributed by atoms with Gasteiger partial charge in [-0.05, 0) is 37.8 Å².